The number of carbonyl (C=O) groups excluding carboxylic acids is 1. The van der Waals surface area contributed by atoms with Crippen molar-refractivity contribution in [1.29, 1.82) is 0 Å². The van der Waals surface area contributed by atoms with Gasteiger partial charge in [0.05, 0.1) is 4.90 Å². The Kier molecular flexibility index (Phi) is 6.53. The Morgan fingerprint density at radius 1 is 0.846 bits per heavy atom. The van der Waals surface area contributed by atoms with E-state index in [2.05, 4.69) is 0 Å². The molecule has 2 saturated heterocycles. The number of carbonyl (C=O) groups is 1. The molecule has 6 nitrogen and oxygen atoms in total. The zero-order valence-corrected chi connectivity index (χ0v) is 16.0. The number of benzene rings is 1. The largest absolute Gasteiger partial charge is 0.484 e. The van der Waals surface area contributed by atoms with Crippen LogP contribution in [0.3, 0.4) is 0 Å². The summed E-state index contributed by atoms with van der Waals surface area (Å²) in [6.45, 7) is 2.78. The predicted molar refractivity (Wildman–Crippen MR) is 99.6 cm³/mol. The van der Waals surface area contributed by atoms with E-state index < -0.39 is 10.0 Å². The maximum absolute atomic E-state index is 12.7. The Morgan fingerprint density at radius 3 is 2.00 bits per heavy atom. The molecular weight excluding hydrogens is 352 g/mol. The summed E-state index contributed by atoms with van der Waals surface area (Å²) in [6, 6.07) is 6.41. The van der Waals surface area contributed by atoms with E-state index in [1.807, 2.05) is 4.90 Å². The van der Waals surface area contributed by atoms with Gasteiger partial charge in [-0.1, -0.05) is 12.8 Å². The minimum Gasteiger partial charge on any atom is -0.484 e. The molecule has 2 fully saturated rings. The first-order valence-corrected chi connectivity index (χ1v) is 11.0. The van der Waals surface area contributed by atoms with Crippen molar-refractivity contribution in [2.75, 3.05) is 32.8 Å². The SMILES string of the molecule is O=C(COc1ccc(S(=O)(=O)N2CCCCCC2)cc1)N1CCCCC1. The molecule has 0 unspecified atom stereocenters. The number of hydrogen-bond donors (Lipinski definition) is 0. The number of sulfonamides is 1. The number of ether oxygens (including phenoxy) is 1. The summed E-state index contributed by atoms with van der Waals surface area (Å²) >= 11 is 0. The van der Waals surface area contributed by atoms with Crippen molar-refractivity contribution in [1.82, 2.24) is 9.21 Å². The summed E-state index contributed by atoms with van der Waals surface area (Å²) in [5, 5.41) is 0. The molecule has 1 aromatic rings. The van der Waals surface area contributed by atoms with Crippen LogP contribution in [0.25, 0.3) is 0 Å². The van der Waals surface area contributed by atoms with Crippen molar-refractivity contribution in [3.05, 3.63) is 24.3 Å². The fourth-order valence-corrected chi connectivity index (χ4v) is 5.04. The van der Waals surface area contributed by atoms with E-state index >= 15 is 0 Å². The summed E-state index contributed by atoms with van der Waals surface area (Å²) in [6.07, 6.45) is 7.28. The standard InChI is InChI=1S/C19H28N2O4S/c22-19(20-12-4-3-5-13-20)16-25-17-8-10-18(11-9-17)26(23,24)21-14-6-1-2-7-15-21/h8-11H,1-7,12-16H2. The third kappa shape index (κ3) is 4.76. The molecule has 3 rings (SSSR count). The minimum absolute atomic E-state index is 0.00176. The van der Waals surface area contributed by atoms with E-state index in [1.165, 1.54) is 6.42 Å². The highest BCUT2D eigenvalue weighted by Gasteiger charge is 2.25. The van der Waals surface area contributed by atoms with Gasteiger partial charge in [0.15, 0.2) is 6.61 Å². The lowest BCUT2D eigenvalue weighted by Gasteiger charge is -2.26. The highest BCUT2D eigenvalue weighted by molar-refractivity contribution is 7.89. The number of likely N-dealkylation sites (tertiary alicyclic amines) is 1. The van der Waals surface area contributed by atoms with Crippen LogP contribution >= 0.6 is 0 Å². The Labute approximate surface area is 156 Å². The summed E-state index contributed by atoms with van der Waals surface area (Å²) in [5.74, 6) is 0.510. The second-order valence-electron chi connectivity index (χ2n) is 7.02. The van der Waals surface area contributed by atoms with Gasteiger partial charge in [-0.15, -0.1) is 0 Å². The molecule has 0 saturated carbocycles. The van der Waals surface area contributed by atoms with Crippen molar-refractivity contribution in [2.45, 2.75) is 49.8 Å². The van der Waals surface area contributed by atoms with Gasteiger partial charge in [-0.3, -0.25) is 4.79 Å². The van der Waals surface area contributed by atoms with Crippen LogP contribution in [0.15, 0.2) is 29.2 Å². The van der Waals surface area contributed by atoms with Gasteiger partial charge in [0.2, 0.25) is 10.0 Å². The number of piperidine rings is 1. The molecule has 7 heteroatoms. The normalized spacial score (nSPS) is 19.8. The van der Waals surface area contributed by atoms with Gasteiger partial charge in [0.1, 0.15) is 5.75 Å². The fraction of sp³-hybridized carbons (Fsp3) is 0.632. The van der Waals surface area contributed by atoms with Gasteiger partial charge in [-0.2, -0.15) is 4.31 Å². The summed E-state index contributed by atoms with van der Waals surface area (Å²) in [4.78, 5) is 14.3. The van der Waals surface area contributed by atoms with Gasteiger partial charge >= 0.3 is 0 Å². The molecule has 0 aromatic heterocycles. The van der Waals surface area contributed by atoms with Crippen LogP contribution in [0.4, 0.5) is 0 Å². The molecule has 2 aliphatic rings. The Balaban J connectivity index is 1.58. The van der Waals surface area contributed by atoms with E-state index in [-0.39, 0.29) is 17.4 Å². The van der Waals surface area contributed by atoms with Gasteiger partial charge in [0.25, 0.3) is 5.91 Å². The molecule has 144 valence electrons. The molecule has 1 aromatic carbocycles. The molecule has 0 atom stereocenters. The maximum Gasteiger partial charge on any atom is 0.260 e. The molecule has 0 spiro atoms. The van der Waals surface area contributed by atoms with Gasteiger partial charge in [-0.05, 0) is 56.4 Å². The quantitative estimate of drug-likeness (QED) is 0.788. The van der Waals surface area contributed by atoms with Gasteiger partial charge in [0, 0.05) is 26.2 Å². The lowest BCUT2D eigenvalue weighted by atomic mass is 10.1. The Hall–Kier alpha value is -1.60. The highest BCUT2D eigenvalue weighted by Crippen LogP contribution is 2.22. The van der Waals surface area contributed by atoms with Crippen molar-refractivity contribution in [3.8, 4) is 5.75 Å². The number of rotatable bonds is 5. The van der Waals surface area contributed by atoms with Crippen LogP contribution < -0.4 is 4.74 Å². The van der Waals surface area contributed by atoms with Crippen LogP contribution in [0.5, 0.6) is 5.75 Å². The molecule has 0 radical (unpaired) electrons. The number of hydrogen-bond acceptors (Lipinski definition) is 4. The molecule has 1 amide bonds. The minimum atomic E-state index is -3.45. The van der Waals surface area contributed by atoms with E-state index in [4.69, 9.17) is 4.74 Å². The van der Waals surface area contributed by atoms with Crippen molar-refractivity contribution < 1.29 is 17.9 Å². The van der Waals surface area contributed by atoms with Crippen LogP contribution in [-0.4, -0.2) is 56.3 Å². The number of nitrogens with zero attached hydrogens (tertiary/aromatic N) is 2. The first-order chi connectivity index (χ1) is 12.6. The van der Waals surface area contributed by atoms with Gasteiger partial charge < -0.3 is 9.64 Å². The predicted octanol–water partition coefficient (Wildman–Crippen LogP) is 2.64. The van der Waals surface area contributed by atoms with Crippen LogP contribution in [0.2, 0.25) is 0 Å². The van der Waals surface area contributed by atoms with Gasteiger partial charge in [-0.25, -0.2) is 8.42 Å². The molecule has 2 heterocycles. The van der Waals surface area contributed by atoms with Crippen LogP contribution in [0, 0.1) is 0 Å². The number of amides is 1. The zero-order chi connectivity index (χ0) is 18.4. The van der Waals surface area contributed by atoms with E-state index in [0.29, 0.717) is 18.8 Å². The van der Waals surface area contributed by atoms with Crippen LogP contribution in [-0.2, 0) is 14.8 Å². The summed E-state index contributed by atoms with van der Waals surface area (Å²) < 4.78 is 32.6. The summed E-state index contributed by atoms with van der Waals surface area (Å²) in [7, 11) is -3.45. The van der Waals surface area contributed by atoms with Crippen molar-refractivity contribution in [2.24, 2.45) is 0 Å². The average molecular weight is 381 g/mol. The molecular formula is C19H28N2O4S. The fourth-order valence-electron chi connectivity index (χ4n) is 3.52. The molecule has 0 bridgehead atoms. The third-order valence-electron chi connectivity index (χ3n) is 5.10. The van der Waals surface area contributed by atoms with Crippen molar-refractivity contribution in [3.63, 3.8) is 0 Å². The monoisotopic (exact) mass is 380 g/mol. The highest BCUT2D eigenvalue weighted by atomic mass is 32.2. The molecule has 26 heavy (non-hydrogen) atoms. The molecule has 0 N–H and O–H groups in total. The molecule has 2 aliphatic heterocycles. The average Bonchev–Trinajstić information content (AvgIpc) is 2.97. The van der Waals surface area contributed by atoms with E-state index in [9.17, 15) is 13.2 Å². The third-order valence-corrected chi connectivity index (χ3v) is 7.01. The second kappa shape index (κ2) is 8.86. The summed E-state index contributed by atoms with van der Waals surface area (Å²) in [5.41, 5.74) is 0. The Morgan fingerprint density at radius 2 is 1.38 bits per heavy atom. The zero-order valence-electron chi connectivity index (χ0n) is 15.2. The smallest absolute Gasteiger partial charge is 0.260 e. The molecule has 0 aliphatic carbocycles. The Bertz CT molecular complexity index is 689. The van der Waals surface area contributed by atoms with E-state index in [1.54, 1.807) is 28.6 Å². The first-order valence-electron chi connectivity index (χ1n) is 9.58. The lowest BCUT2D eigenvalue weighted by Crippen LogP contribution is -2.38. The van der Waals surface area contributed by atoms with Crippen molar-refractivity contribution >= 4 is 15.9 Å². The first kappa shape index (κ1) is 19.2. The van der Waals surface area contributed by atoms with E-state index in [0.717, 1.165) is 51.6 Å². The van der Waals surface area contributed by atoms with Crippen LogP contribution in [0.1, 0.15) is 44.9 Å². The lowest BCUT2D eigenvalue weighted by molar-refractivity contribution is -0.134. The maximum atomic E-state index is 12.7. The second-order valence-corrected chi connectivity index (χ2v) is 8.96. The topological polar surface area (TPSA) is 66.9 Å².